The number of guanidine groups is 1. The van der Waals surface area contributed by atoms with E-state index in [1.807, 2.05) is 29.3 Å². The third kappa shape index (κ3) is 6.04. The van der Waals surface area contributed by atoms with Crippen LogP contribution in [0.2, 0.25) is 0 Å². The van der Waals surface area contributed by atoms with Gasteiger partial charge in [0.05, 0.1) is 24.8 Å². The molecule has 160 valence electrons. The Morgan fingerprint density at radius 3 is 2.69 bits per heavy atom. The maximum atomic E-state index is 4.96. The van der Waals surface area contributed by atoms with Crippen LogP contribution in [-0.2, 0) is 7.05 Å². The highest BCUT2D eigenvalue weighted by atomic mass is 32.1. The van der Waals surface area contributed by atoms with Crippen LogP contribution in [0.5, 0.6) is 0 Å². The lowest BCUT2D eigenvalue weighted by molar-refractivity contribution is 0.255. The van der Waals surface area contributed by atoms with Gasteiger partial charge in [0, 0.05) is 36.8 Å². The Hall–Kier alpha value is -1.90. The molecule has 0 aromatic carbocycles. The molecule has 29 heavy (non-hydrogen) atoms. The van der Waals surface area contributed by atoms with Crippen molar-refractivity contribution in [3.05, 3.63) is 40.3 Å². The van der Waals surface area contributed by atoms with Gasteiger partial charge in [0.2, 0.25) is 0 Å². The van der Waals surface area contributed by atoms with Gasteiger partial charge in [-0.05, 0) is 58.4 Å². The Morgan fingerprint density at radius 1 is 1.31 bits per heavy atom. The van der Waals surface area contributed by atoms with E-state index in [0.717, 1.165) is 25.6 Å². The van der Waals surface area contributed by atoms with Gasteiger partial charge in [0.15, 0.2) is 5.96 Å². The molecule has 8 heteroatoms. The van der Waals surface area contributed by atoms with Gasteiger partial charge in [-0.15, -0.1) is 11.3 Å². The van der Waals surface area contributed by atoms with Crippen molar-refractivity contribution < 1.29 is 0 Å². The number of likely N-dealkylation sites (N-methyl/N-ethyl adjacent to an activating group) is 1. The Balaban J connectivity index is 1.67. The number of aryl methyl sites for hydroxylation is 1. The molecule has 2 aromatic heterocycles. The summed E-state index contributed by atoms with van der Waals surface area (Å²) in [6, 6.07) is 5.00. The molecular weight excluding hydrogens is 382 g/mol. The Labute approximate surface area is 178 Å². The predicted octanol–water partition coefficient (Wildman–Crippen LogP) is 2.48. The van der Waals surface area contributed by atoms with Crippen molar-refractivity contribution in [2.45, 2.75) is 31.8 Å². The Kier molecular flexibility index (Phi) is 8.09. The quantitative estimate of drug-likeness (QED) is 0.485. The zero-order chi connectivity index (χ0) is 20.6. The van der Waals surface area contributed by atoms with Crippen molar-refractivity contribution in [2.24, 2.45) is 12.0 Å². The van der Waals surface area contributed by atoms with E-state index in [9.17, 15) is 0 Å². The summed E-state index contributed by atoms with van der Waals surface area (Å²) in [5, 5.41) is 13.5. The number of hydrogen-bond acceptors (Lipinski definition) is 5. The number of aliphatic imine (C=N–C) groups is 1. The van der Waals surface area contributed by atoms with E-state index in [2.05, 4.69) is 70.3 Å². The molecule has 2 unspecified atom stereocenters. The fraction of sp³-hybridized carbons (Fsp3) is 0.619. The number of nitrogens with one attached hydrogen (secondary N) is 2. The summed E-state index contributed by atoms with van der Waals surface area (Å²) in [6.07, 6.45) is 6.60. The van der Waals surface area contributed by atoms with Crippen LogP contribution in [0.25, 0.3) is 0 Å². The highest BCUT2D eigenvalue weighted by Gasteiger charge is 2.24. The largest absolute Gasteiger partial charge is 0.357 e. The highest BCUT2D eigenvalue weighted by molar-refractivity contribution is 7.10. The molecule has 0 spiro atoms. The summed E-state index contributed by atoms with van der Waals surface area (Å²) >= 11 is 1.84. The summed E-state index contributed by atoms with van der Waals surface area (Å²) in [5.41, 5.74) is 1.20. The van der Waals surface area contributed by atoms with Crippen molar-refractivity contribution in [3.8, 4) is 0 Å². The highest BCUT2D eigenvalue weighted by Crippen LogP contribution is 2.28. The molecular formula is C21H35N7S. The second-order valence-electron chi connectivity index (χ2n) is 7.80. The summed E-state index contributed by atoms with van der Waals surface area (Å²) < 4.78 is 1.85. The zero-order valence-electron chi connectivity index (χ0n) is 18.1. The third-order valence-electron chi connectivity index (χ3n) is 5.42. The van der Waals surface area contributed by atoms with Gasteiger partial charge in [-0.2, -0.15) is 5.10 Å². The zero-order valence-corrected chi connectivity index (χ0v) is 19.0. The monoisotopic (exact) mass is 417 g/mol. The molecule has 1 aliphatic heterocycles. The fourth-order valence-electron chi connectivity index (χ4n) is 3.84. The van der Waals surface area contributed by atoms with Crippen molar-refractivity contribution in [2.75, 3.05) is 46.8 Å². The molecule has 0 radical (unpaired) electrons. The lowest BCUT2D eigenvalue weighted by atomic mass is 10.1. The van der Waals surface area contributed by atoms with Gasteiger partial charge in [0.1, 0.15) is 0 Å². The van der Waals surface area contributed by atoms with Gasteiger partial charge in [-0.25, -0.2) is 0 Å². The molecule has 1 aliphatic rings. The van der Waals surface area contributed by atoms with Gasteiger partial charge in [0.25, 0.3) is 0 Å². The van der Waals surface area contributed by atoms with Crippen molar-refractivity contribution in [1.29, 1.82) is 0 Å². The number of hydrogen-bond donors (Lipinski definition) is 2. The van der Waals surface area contributed by atoms with E-state index in [1.54, 1.807) is 0 Å². The van der Waals surface area contributed by atoms with E-state index < -0.39 is 0 Å². The number of aromatic nitrogens is 2. The number of thiophene rings is 1. The molecule has 3 heterocycles. The second-order valence-corrected chi connectivity index (χ2v) is 8.78. The van der Waals surface area contributed by atoms with Crippen LogP contribution < -0.4 is 10.6 Å². The minimum absolute atomic E-state index is 0.235. The molecule has 3 rings (SSSR count). The predicted molar refractivity (Wildman–Crippen MR) is 121 cm³/mol. The topological polar surface area (TPSA) is 60.7 Å². The number of nitrogens with zero attached hydrogens (tertiary/aromatic N) is 5. The van der Waals surface area contributed by atoms with Crippen molar-refractivity contribution in [1.82, 2.24) is 30.2 Å². The van der Waals surface area contributed by atoms with E-state index in [0.29, 0.717) is 6.04 Å². The minimum Gasteiger partial charge on any atom is -0.357 e. The smallest absolute Gasteiger partial charge is 0.191 e. The first-order valence-electron chi connectivity index (χ1n) is 10.5. The van der Waals surface area contributed by atoms with Crippen LogP contribution >= 0.6 is 11.3 Å². The molecule has 0 amide bonds. The first-order valence-corrected chi connectivity index (χ1v) is 11.4. The summed E-state index contributed by atoms with van der Waals surface area (Å²) in [5.74, 6) is 0.879. The van der Waals surface area contributed by atoms with E-state index >= 15 is 0 Å². The molecule has 2 N–H and O–H groups in total. The fourth-order valence-corrected chi connectivity index (χ4v) is 4.70. The van der Waals surface area contributed by atoms with Gasteiger partial charge in [-0.1, -0.05) is 6.07 Å². The molecule has 0 bridgehead atoms. The first-order chi connectivity index (χ1) is 14.1. The van der Waals surface area contributed by atoms with Gasteiger partial charge in [-0.3, -0.25) is 14.6 Å². The van der Waals surface area contributed by atoms with Crippen LogP contribution in [0.3, 0.4) is 0 Å². The Morgan fingerprint density at radius 2 is 2.10 bits per heavy atom. The standard InChI is InChI=1S/C21H35N7S/c1-5-22-21(23-14-18(26(2)3)17-13-25-27(4)16-17)24-15-19(20-9-8-12-29-20)28-10-6-7-11-28/h8-9,12-13,16,18-19H,5-7,10-11,14-15H2,1-4H3,(H2,22,23,24). The van der Waals surface area contributed by atoms with Crippen LogP contribution in [-0.4, -0.2) is 72.4 Å². The lowest BCUT2D eigenvalue weighted by Gasteiger charge is -2.27. The van der Waals surface area contributed by atoms with Crippen molar-refractivity contribution in [3.63, 3.8) is 0 Å². The normalized spacial score (nSPS) is 17.6. The van der Waals surface area contributed by atoms with Crippen molar-refractivity contribution >= 4 is 17.3 Å². The molecule has 2 aromatic rings. The van der Waals surface area contributed by atoms with E-state index in [-0.39, 0.29) is 6.04 Å². The third-order valence-corrected chi connectivity index (χ3v) is 6.39. The first kappa shape index (κ1) is 21.8. The molecule has 1 fully saturated rings. The van der Waals surface area contributed by atoms with E-state index in [1.165, 1.54) is 36.4 Å². The van der Waals surface area contributed by atoms with Crippen LogP contribution in [0, 0.1) is 0 Å². The molecule has 2 atom stereocenters. The lowest BCUT2D eigenvalue weighted by Crippen LogP contribution is -2.42. The molecule has 1 saturated heterocycles. The average Bonchev–Trinajstić information content (AvgIpc) is 3.45. The SMILES string of the molecule is CCNC(=NCC(c1cccs1)N1CCCC1)NCC(c1cnn(C)c1)N(C)C. The molecule has 7 nitrogen and oxygen atoms in total. The summed E-state index contributed by atoms with van der Waals surface area (Å²) in [4.78, 5) is 11.2. The maximum Gasteiger partial charge on any atom is 0.191 e. The number of rotatable bonds is 9. The second kappa shape index (κ2) is 10.8. The van der Waals surface area contributed by atoms with E-state index in [4.69, 9.17) is 4.99 Å². The minimum atomic E-state index is 0.235. The Bertz CT molecular complexity index is 747. The summed E-state index contributed by atoms with van der Waals surface area (Å²) in [6.45, 7) is 6.85. The number of likely N-dealkylation sites (tertiary alicyclic amines) is 1. The maximum absolute atomic E-state index is 4.96. The van der Waals surface area contributed by atoms with Crippen LogP contribution in [0.1, 0.15) is 42.3 Å². The van der Waals surface area contributed by atoms with Gasteiger partial charge >= 0.3 is 0 Å². The summed E-state index contributed by atoms with van der Waals surface area (Å²) in [7, 11) is 6.16. The van der Waals surface area contributed by atoms with Crippen LogP contribution in [0.15, 0.2) is 34.9 Å². The molecule has 0 aliphatic carbocycles. The van der Waals surface area contributed by atoms with Crippen LogP contribution in [0.4, 0.5) is 0 Å². The van der Waals surface area contributed by atoms with Gasteiger partial charge < -0.3 is 15.5 Å². The average molecular weight is 418 g/mol. The molecule has 0 saturated carbocycles.